The Kier molecular flexibility index (Phi) is 6.63. The predicted molar refractivity (Wildman–Crippen MR) is 116 cm³/mol. The molecule has 1 fully saturated rings. The Bertz CT molecular complexity index is 897. The summed E-state index contributed by atoms with van der Waals surface area (Å²) >= 11 is 13.2. The molecule has 0 amide bonds. The number of ketones is 1. The number of aromatic amines is 1. The largest absolute Gasteiger partial charge is 0.492 e. The molecule has 6 nitrogen and oxygen atoms in total. The van der Waals surface area contributed by atoms with Gasteiger partial charge in [-0.05, 0) is 49.7 Å². The molecule has 0 bridgehead atoms. The van der Waals surface area contributed by atoms with Crippen molar-refractivity contribution in [3.8, 4) is 5.75 Å². The summed E-state index contributed by atoms with van der Waals surface area (Å²) in [7, 11) is 0. The van der Waals surface area contributed by atoms with Crippen molar-refractivity contribution >= 4 is 29.0 Å². The average Bonchev–Trinajstić information content (AvgIpc) is 3.49. The summed E-state index contributed by atoms with van der Waals surface area (Å²) in [6.07, 6.45) is 9.90. The number of rotatable bonds is 9. The van der Waals surface area contributed by atoms with Crippen LogP contribution < -0.4 is 4.74 Å². The van der Waals surface area contributed by atoms with Crippen LogP contribution in [0.2, 0.25) is 10.0 Å². The first kappa shape index (κ1) is 21.6. The van der Waals surface area contributed by atoms with E-state index in [-0.39, 0.29) is 11.2 Å². The zero-order valence-electron chi connectivity index (χ0n) is 17.3. The summed E-state index contributed by atoms with van der Waals surface area (Å²) in [6.45, 7) is 2.64. The second kappa shape index (κ2) is 9.23. The number of aromatic nitrogens is 4. The van der Waals surface area contributed by atoms with Crippen LogP contribution in [0, 0.1) is 11.3 Å². The molecule has 1 N–H and O–H groups in total. The molecule has 1 atom stereocenters. The third-order valence-corrected chi connectivity index (χ3v) is 7.59. The van der Waals surface area contributed by atoms with E-state index < -0.39 is 0 Å². The third-order valence-electron chi connectivity index (χ3n) is 6.74. The smallest absolute Gasteiger partial charge is 0.174 e. The van der Waals surface area contributed by atoms with Crippen molar-refractivity contribution in [2.24, 2.45) is 11.3 Å². The maximum absolute atomic E-state index is 13.7. The van der Waals surface area contributed by atoms with Crippen molar-refractivity contribution < 1.29 is 9.53 Å². The Morgan fingerprint density at radius 2 is 2.03 bits per heavy atom. The number of Topliss-reactive ketones (excluding diaryl/α,β-unsaturated/α-hetero) is 1. The molecule has 0 aliphatic heterocycles. The number of ether oxygens (including phenoxy) is 1. The normalized spacial score (nSPS) is 21.4. The first-order valence-corrected chi connectivity index (χ1v) is 11.7. The van der Waals surface area contributed by atoms with E-state index in [1.54, 1.807) is 0 Å². The zero-order chi connectivity index (χ0) is 21.1. The molecule has 0 saturated heterocycles. The van der Waals surface area contributed by atoms with Gasteiger partial charge in [0.2, 0.25) is 0 Å². The van der Waals surface area contributed by atoms with Crippen molar-refractivity contribution in [2.75, 3.05) is 6.61 Å². The lowest BCUT2D eigenvalue weighted by atomic mass is 9.68. The number of carbonyl (C=O) groups is 1. The number of H-pyrrole nitrogens is 1. The van der Waals surface area contributed by atoms with Crippen molar-refractivity contribution in [3.05, 3.63) is 33.1 Å². The Labute approximate surface area is 187 Å². The highest BCUT2D eigenvalue weighted by Crippen LogP contribution is 2.54. The van der Waals surface area contributed by atoms with E-state index >= 15 is 0 Å². The van der Waals surface area contributed by atoms with Crippen LogP contribution in [0.4, 0.5) is 0 Å². The molecule has 0 spiro atoms. The van der Waals surface area contributed by atoms with E-state index in [4.69, 9.17) is 27.9 Å². The lowest BCUT2D eigenvalue weighted by Gasteiger charge is -2.34. The summed E-state index contributed by atoms with van der Waals surface area (Å²) in [4.78, 5) is 13.7. The molecule has 8 heteroatoms. The van der Waals surface area contributed by atoms with E-state index in [9.17, 15) is 4.79 Å². The van der Waals surface area contributed by atoms with Crippen molar-refractivity contribution in [3.63, 3.8) is 0 Å². The van der Waals surface area contributed by atoms with Gasteiger partial charge in [0, 0.05) is 17.4 Å². The van der Waals surface area contributed by atoms with Crippen LogP contribution in [-0.2, 0) is 12.8 Å². The number of halogens is 2. The summed E-state index contributed by atoms with van der Waals surface area (Å²) in [6, 6.07) is 1.94. The number of unbranched alkanes of at least 4 members (excludes halogenated alkanes) is 1. The highest BCUT2D eigenvalue weighted by Gasteiger charge is 2.51. The molecule has 2 aliphatic rings. The molecule has 1 aromatic carbocycles. The fourth-order valence-corrected chi connectivity index (χ4v) is 5.72. The molecule has 2 aliphatic carbocycles. The van der Waals surface area contributed by atoms with Gasteiger partial charge in [-0.2, -0.15) is 5.21 Å². The number of hydrogen-bond acceptors (Lipinski definition) is 5. The van der Waals surface area contributed by atoms with Crippen LogP contribution in [0.15, 0.2) is 6.07 Å². The highest BCUT2D eigenvalue weighted by molar-refractivity contribution is 6.45. The van der Waals surface area contributed by atoms with E-state index in [0.29, 0.717) is 46.1 Å². The number of hydrogen-bond donors (Lipinski definition) is 1. The highest BCUT2D eigenvalue weighted by atomic mass is 35.5. The van der Waals surface area contributed by atoms with Crippen molar-refractivity contribution in [1.29, 1.82) is 0 Å². The standard InChI is InChI=1S/C22H28Cl2N4O2/c1-2-3-10-22(15-7-4-5-8-15)13-14-12-16(19(23)20(24)18(14)21(22)29)30-11-6-9-17-25-27-28-26-17/h12,15H,2-11,13H2,1H3,(H,25,26,27,28)/t22-/m0/s1. The van der Waals surface area contributed by atoms with Crippen LogP contribution in [0.3, 0.4) is 0 Å². The van der Waals surface area contributed by atoms with Gasteiger partial charge in [-0.25, -0.2) is 0 Å². The summed E-state index contributed by atoms with van der Waals surface area (Å²) in [5.41, 5.74) is 1.30. The maximum Gasteiger partial charge on any atom is 0.174 e. The molecule has 4 rings (SSSR count). The molecule has 162 valence electrons. The van der Waals surface area contributed by atoms with Crippen LogP contribution in [0.1, 0.15) is 80.0 Å². The first-order valence-electron chi connectivity index (χ1n) is 11.0. The average molecular weight is 451 g/mol. The van der Waals surface area contributed by atoms with Crippen LogP contribution in [0.25, 0.3) is 0 Å². The second-order valence-electron chi connectivity index (χ2n) is 8.56. The van der Waals surface area contributed by atoms with E-state index in [1.165, 1.54) is 12.8 Å². The Hall–Kier alpha value is -1.66. The predicted octanol–water partition coefficient (Wildman–Crippen LogP) is 5.62. The number of aryl methyl sites for hydroxylation is 1. The van der Waals surface area contributed by atoms with Gasteiger partial charge in [0.25, 0.3) is 0 Å². The molecular formula is C22H28Cl2N4O2. The van der Waals surface area contributed by atoms with Gasteiger partial charge < -0.3 is 4.74 Å². The maximum atomic E-state index is 13.7. The minimum atomic E-state index is -0.320. The lowest BCUT2D eigenvalue weighted by molar-refractivity contribution is 0.0671. The quantitative estimate of drug-likeness (QED) is 0.500. The fourth-order valence-electron chi connectivity index (χ4n) is 5.22. The number of nitrogens with one attached hydrogen (secondary N) is 1. The molecule has 0 radical (unpaired) electrons. The molecule has 0 unspecified atom stereocenters. The van der Waals surface area contributed by atoms with Gasteiger partial charge in [0.15, 0.2) is 11.6 Å². The number of fused-ring (bicyclic) bond motifs is 1. The number of benzene rings is 1. The summed E-state index contributed by atoms with van der Waals surface area (Å²) in [5.74, 6) is 1.85. The summed E-state index contributed by atoms with van der Waals surface area (Å²) < 4.78 is 5.94. The van der Waals surface area contributed by atoms with Crippen LogP contribution >= 0.6 is 23.2 Å². The zero-order valence-corrected chi connectivity index (χ0v) is 18.9. The monoisotopic (exact) mass is 450 g/mol. The number of nitrogens with zero attached hydrogens (tertiary/aromatic N) is 3. The van der Waals surface area contributed by atoms with Gasteiger partial charge >= 0.3 is 0 Å². The molecule has 1 heterocycles. The Balaban J connectivity index is 1.54. The van der Waals surface area contributed by atoms with Crippen molar-refractivity contribution in [1.82, 2.24) is 20.6 Å². The minimum absolute atomic E-state index is 0.202. The third kappa shape index (κ3) is 3.96. The van der Waals surface area contributed by atoms with Crippen LogP contribution in [-0.4, -0.2) is 33.0 Å². The number of carbonyl (C=O) groups excluding carboxylic acids is 1. The molecule has 30 heavy (non-hydrogen) atoms. The van der Waals surface area contributed by atoms with E-state index in [1.807, 2.05) is 6.07 Å². The van der Waals surface area contributed by atoms with E-state index in [2.05, 4.69) is 27.5 Å². The van der Waals surface area contributed by atoms with Gasteiger partial charge in [-0.1, -0.05) is 61.0 Å². The molecule has 1 saturated carbocycles. The lowest BCUT2D eigenvalue weighted by Crippen LogP contribution is -2.35. The van der Waals surface area contributed by atoms with Gasteiger partial charge in [-0.15, -0.1) is 10.2 Å². The molecule has 1 aromatic heterocycles. The van der Waals surface area contributed by atoms with Crippen LogP contribution in [0.5, 0.6) is 5.75 Å². The SMILES string of the molecule is CCCC[C@@]1(C2CCCC2)Cc2cc(OCCCc3nn[nH]n3)c(Cl)c(Cl)c2C1=O. The van der Waals surface area contributed by atoms with Gasteiger partial charge in [-0.3, -0.25) is 4.79 Å². The minimum Gasteiger partial charge on any atom is -0.492 e. The first-order chi connectivity index (χ1) is 14.6. The van der Waals surface area contributed by atoms with Gasteiger partial charge in [0.05, 0.1) is 11.6 Å². The molecule has 2 aromatic rings. The topological polar surface area (TPSA) is 80.8 Å². The fraction of sp³-hybridized carbons (Fsp3) is 0.636. The number of tetrazole rings is 1. The van der Waals surface area contributed by atoms with Crippen molar-refractivity contribution in [2.45, 2.75) is 71.1 Å². The summed E-state index contributed by atoms with van der Waals surface area (Å²) in [5, 5.41) is 14.6. The van der Waals surface area contributed by atoms with Gasteiger partial charge in [0.1, 0.15) is 10.8 Å². The second-order valence-corrected chi connectivity index (χ2v) is 9.32. The molecular weight excluding hydrogens is 423 g/mol. The van der Waals surface area contributed by atoms with E-state index in [0.717, 1.165) is 50.5 Å². The Morgan fingerprint density at radius 3 is 2.73 bits per heavy atom. The Morgan fingerprint density at radius 1 is 1.23 bits per heavy atom.